The number of halogens is 1. The van der Waals surface area contributed by atoms with Crippen LogP contribution in [0.3, 0.4) is 0 Å². The molecule has 3 rings (SSSR count). The van der Waals surface area contributed by atoms with Gasteiger partial charge in [-0.2, -0.15) is 0 Å². The zero-order valence-electron chi connectivity index (χ0n) is 10.1. The molecule has 0 amide bonds. The minimum atomic E-state index is 0.579. The van der Waals surface area contributed by atoms with E-state index in [1.54, 1.807) is 0 Å². The summed E-state index contributed by atoms with van der Waals surface area (Å²) in [5.41, 5.74) is 11.1. The Bertz CT molecular complexity index is 555. The molecule has 1 heterocycles. The van der Waals surface area contributed by atoms with Gasteiger partial charge in [-0.25, -0.2) is 0 Å². The molecule has 2 aromatic rings. The van der Waals surface area contributed by atoms with Crippen molar-refractivity contribution >= 4 is 21.6 Å². The van der Waals surface area contributed by atoms with E-state index in [1.165, 1.54) is 22.4 Å². The van der Waals surface area contributed by atoms with Crippen LogP contribution < -0.4 is 10.6 Å². The number of rotatable bonds is 2. The second-order valence-electron chi connectivity index (χ2n) is 4.60. The highest BCUT2D eigenvalue weighted by Gasteiger charge is 2.20. The minimum Gasteiger partial charge on any atom is -0.363 e. The molecule has 2 nitrogen and oxygen atoms in total. The minimum absolute atomic E-state index is 0.579. The van der Waals surface area contributed by atoms with E-state index >= 15 is 0 Å². The van der Waals surface area contributed by atoms with Crippen molar-refractivity contribution < 1.29 is 0 Å². The van der Waals surface area contributed by atoms with Crippen molar-refractivity contribution in [1.82, 2.24) is 0 Å². The highest BCUT2D eigenvalue weighted by atomic mass is 79.9. The van der Waals surface area contributed by atoms with E-state index in [0.29, 0.717) is 6.54 Å². The molecule has 18 heavy (non-hydrogen) atoms. The van der Waals surface area contributed by atoms with Crippen molar-refractivity contribution in [2.24, 2.45) is 5.73 Å². The molecule has 0 fully saturated rings. The maximum atomic E-state index is 5.83. The number of hydrogen-bond acceptors (Lipinski definition) is 2. The summed E-state index contributed by atoms with van der Waals surface area (Å²) in [7, 11) is 0. The van der Waals surface area contributed by atoms with Gasteiger partial charge in [0.15, 0.2) is 0 Å². The molecule has 0 radical (unpaired) electrons. The highest BCUT2D eigenvalue weighted by molar-refractivity contribution is 9.10. The van der Waals surface area contributed by atoms with Crippen molar-refractivity contribution in [2.75, 3.05) is 4.90 Å². The molecular formula is C15H15BrN2. The fourth-order valence-corrected chi connectivity index (χ4v) is 2.86. The van der Waals surface area contributed by atoms with E-state index in [1.807, 2.05) is 0 Å². The maximum Gasteiger partial charge on any atom is 0.0436 e. The Morgan fingerprint density at radius 1 is 1.06 bits per heavy atom. The first-order valence-corrected chi connectivity index (χ1v) is 6.87. The fraction of sp³-hybridized carbons (Fsp3) is 0.200. The van der Waals surface area contributed by atoms with Crippen molar-refractivity contribution in [3.63, 3.8) is 0 Å². The number of benzene rings is 2. The van der Waals surface area contributed by atoms with Crippen molar-refractivity contribution in [3.05, 3.63) is 63.6 Å². The molecule has 2 aromatic carbocycles. The van der Waals surface area contributed by atoms with Crippen LogP contribution in [-0.2, 0) is 19.6 Å². The summed E-state index contributed by atoms with van der Waals surface area (Å²) in [6.45, 7) is 2.52. The third-order valence-electron chi connectivity index (χ3n) is 3.45. The second-order valence-corrected chi connectivity index (χ2v) is 5.52. The molecule has 0 saturated carbocycles. The molecule has 0 unspecified atom stereocenters. The summed E-state index contributed by atoms with van der Waals surface area (Å²) in [4.78, 5) is 2.39. The van der Waals surface area contributed by atoms with E-state index in [0.717, 1.165) is 17.6 Å². The molecule has 1 aliphatic rings. The van der Waals surface area contributed by atoms with Gasteiger partial charge in [-0.05, 0) is 28.8 Å². The number of nitrogens with zero attached hydrogens (tertiary/aromatic N) is 1. The number of nitrogens with two attached hydrogens (primary N) is 1. The third-order valence-corrected chi connectivity index (χ3v) is 3.94. The smallest absolute Gasteiger partial charge is 0.0436 e. The third kappa shape index (κ3) is 2.04. The lowest BCUT2D eigenvalue weighted by molar-refractivity contribution is 0.864. The molecule has 0 atom stereocenters. The molecule has 2 N–H and O–H groups in total. The van der Waals surface area contributed by atoms with Gasteiger partial charge in [-0.3, -0.25) is 0 Å². The summed E-state index contributed by atoms with van der Waals surface area (Å²) in [6, 6.07) is 14.9. The van der Waals surface area contributed by atoms with E-state index in [4.69, 9.17) is 5.73 Å². The Labute approximate surface area is 116 Å². The van der Waals surface area contributed by atoms with E-state index < -0.39 is 0 Å². The first kappa shape index (κ1) is 11.8. The molecular weight excluding hydrogens is 288 g/mol. The van der Waals surface area contributed by atoms with Crippen LogP contribution in [0.25, 0.3) is 0 Å². The Kier molecular flexibility index (Phi) is 3.10. The Morgan fingerprint density at radius 3 is 2.33 bits per heavy atom. The van der Waals surface area contributed by atoms with Crippen LogP contribution >= 0.6 is 15.9 Å². The molecule has 0 saturated heterocycles. The van der Waals surface area contributed by atoms with E-state index in [-0.39, 0.29) is 0 Å². The second kappa shape index (κ2) is 4.75. The summed E-state index contributed by atoms with van der Waals surface area (Å²) in [5.74, 6) is 0. The van der Waals surface area contributed by atoms with E-state index in [9.17, 15) is 0 Å². The molecule has 92 valence electrons. The van der Waals surface area contributed by atoms with Crippen LogP contribution in [0.4, 0.5) is 5.69 Å². The first-order chi connectivity index (χ1) is 8.78. The summed E-state index contributed by atoms with van der Waals surface area (Å²) in [5, 5.41) is 0. The fourth-order valence-electron chi connectivity index (χ4n) is 2.51. The SMILES string of the molecule is NCc1ccc(Br)cc1N1Cc2ccccc2C1. The van der Waals surface area contributed by atoms with Crippen molar-refractivity contribution in [1.29, 1.82) is 0 Å². The standard InChI is InChI=1S/C15H15BrN2/c16-14-6-5-11(8-17)15(7-14)18-9-12-3-1-2-4-13(12)10-18/h1-7H,8-10,17H2. The predicted molar refractivity (Wildman–Crippen MR) is 78.4 cm³/mol. The molecule has 0 aromatic heterocycles. The quantitative estimate of drug-likeness (QED) is 0.921. The molecule has 3 heteroatoms. The first-order valence-electron chi connectivity index (χ1n) is 6.08. The molecule has 0 spiro atoms. The average molecular weight is 303 g/mol. The lowest BCUT2D eigenvalue weighted by atomic mass is 10.1. The van der Waals surface area contributed by atoms with Crippen LogP contribution in [0.15, 0.2) is 46.9 Å². The van der Waals surface area contributed by atoms with Gasteiger partial charge < -0.3 is 10.6 Å². The van der Waals surface area contributed by atoms with Crippen LogP contribution in [0.1, 0.15) is 16.7 Å². The number of fused-ring (bicyclic) bond motifs is 1. The maximum absolute atomic E-state index is 5.83. The summed E-state index contributed by atoms with van der Waals surface area (Å²) >= 11 is 3.54. The normalized spacial score (nSPS) is 13.8. The Balaban J connectivity index is 1.97. The molecule has 0 aliphatic carbocycles. The van der Waals surface area contributed by atoms with Gasteiger partial charge >= 0.3 is 0 Å². The average Bonchev–Trinajstić information content (AvgIpc) is 2.82. The zero-order valence-corrected chi connectivity index (χ0v) is 11.7. The molecule has 0 bridgehead atoms. The number of anilines is 1. The lowest BCUT2D eigenvalue weighted by Crippen LogP contribution is -2.17. The predicted octanol–water partition coefficient (Wildman–Crippen LogP) is 3.43. The van der Waals surface area contributed by atoms with E-state index in [2.05, 4.69) is 63.3 Å². The molecule has 1 aliphatic heterocycles. The lowest BCUT2D eigenvalue weighted by Gasteiger charge is -2.21. The van der Waals surface area contributed by atoms with Gasteiger partial charge in [0.1, 0.15) is 0 Å². The van der Waals surface area contributed by atoms with Gasteiger partial charge in [0.2, 0.25) is 0 Å². The van der Waals surface area contributed by atoms with Gasteiger partial charge in [0.05, 0.1) is 0 Å². The van der Waals surface area contributed by atoms with Gasteiger partial charge in [-0.1, -0.05) is 46.3 Å². The Morgan fingerprint density at radius 2 is 1.72 bits per heavy atom. The van der Waals surface area contributed by atoms with Crippen LogP contribution in [0.2, 0.25) is 0 Å². The summed E-state index contributed by atoms with van der Waals surface area (Å²) < 4.78 is 1.10. The Hall–Kier alpha value is -1.32. The van der Waals surface area contributed by atoms with Crippen LogP contribution in [-0.4, -0.2) is 0 Å². The van der Waals surface area contributed by atoms with Gasteiger partial charge in [0.25, 0.3) is 0 Å². The monoisotopic (exact) mass is 302 g/mol. The topological polar surface area (TPSA) is 29.3 Å². The summed E-state index contributed by atoms with van der Waals surface area (Å²) in [6.07, 6.45) is 0. The van der Waals surface area contributed by atoms with Crippen LogP contribution in [0, 0.1) is 0 Å². The zero-order chi connectivity index (χ0) is 12.5. The van der Waals surface area contributed by atoms with Crippen molar-refractivity contribution in [2.45, 2.75) is 19.6 Å². The van der Waals surface area contributed by atoms with Gasteiger partial charge in [0, 0.05) is 29.8 Å². The largest absolute Gasteiger partial charge is 0.363 e. The van der Waals surface area contributed by atoms with Crippen molar-refractivity contribution in [3.8, 4) is 0 Å². The highest BCUT2D eigenvalue weighted by Crippen LogP contribution is 2.32. The van der Waals surface area contributed by atoms with Crippen LogP contribution in [0.5, 0.6) is 0 Å². The van der Waals surface area contributed by atoms with Gasteiger partial charge in [-0.15, -0.1) is 0 Å². The number of hydrogen-bond donors (Lipinski definition) is 1.